The SMILES string of the molecule is COc1ccc(S(=O)(=O)N2CCc3ccccc3C2)cc1N1CCN(C(=O)C2(c3ccc(Cl)cc3)CCCC2)CC1. The smallest absolute Gasteiger partial charge is 0.243 e. The van der Waals surface area contributed by atoms with E-state index in [1.807, 2.05) is 47.4 Å². The number of amides is 1. The van der Waals surface area contributed by atoms with Gasteiger partial charge in [0.1, 0.15) is 5.75 Å². The van der Waals surface area contributed by atoms with Crippen molar-refractivity contribution in [2.45, 2.75) is 49.0 Å². The monoisotopic (exact) mass is 593 g/mol. The molecule has 0 unspecified atom stereocenters. The zero-order valence-electron chi connectivity index (χ0n) is 23.4. The van der Waals surface area contributed by atoms with Gasteiger partial charge in [0.05, 0.1) is 23.1 Å². The first kappa shape index (κ1) is 28.1. The second kappa shape index (κ2) is 11.3. The van der Waals surface area contributed by atoms with Crippen LogP contribution in [0.1, 0.15) is 42.4 Å². The Balaban J connectivity index is 1.20. The molecule has 1 saturated carbocycles. The van der Waals surface area contributed by atoms with Gasteiger partial charge in [0.25, 0.3) is 0 Å². The van der Waals surface area contributed by atoms with Crippen LogP contribution in [-0.4, -0.2) is 63.4 Å². The Bertz CT molecular complexity index is 1530. The van der Waals surface area contributed by atoms with Gasteiger partial charge in [-0.05, 0) is 66.3 Å². The highest BCUT2D eigenvalue weighted by molar-refractivity contribution is 7.89. The number of rotatable bonds is 6. The molecule has 3 aliphatic rings. The topological polar surface area (TPSA) is 70.2 Å². The van der Waals surface area contributed by atoms with Crippen molar-refractivity contribution < 1.29 is 17.9 Å². The number of benzene rings is 3. The number of carbonyl (C=O) groups is 1. The fourth-order valence-electron chi connectivity index (χ4n) is 6.73. The summed E-state index contributed by atoms with van der Waals surface area (Å²) in [7, 11) is -2.09. The lowest BCUT2D eigenvalue weighted by Gasteiger charge is -2.41. The molecule has 9 heteroatoms. The highest BCUT2D eigenvalue weighted by Crippen LogP contribution is 2.43. The van der Waals surface area contributed by atoms with Crippen LogP contribution >= 0.6 is 11.6 Å². The first-order chi connectivity index (χ1) is 19.8. The van der Waals surface area contributed by atoms with Gasteiger partial charge in [0.2, 0.25) is 15.9 Å². The van der Waals surface area contributed by atoms with E-state index in [1.165, 1.54) is 5.56 Å². The first-order valence-electron chi connectivity index (χ1n) is 14.4. The van der Waals surface area contributed by atoms with Gasteiger partial charge in [0, 0.05) is 44.3 Å². The summed E-state index contributed by atoms with van der Waals surface area (Å²) >= 11 is 6.14. The van der Waals surface area contributed by atoms with Crippen molar-refractivity contribution in [2.24, 2.45) is 0 Å². The van der Waals surface area contributed by atoms with Crippen LogP contribution in [0, 0.1) is 0 Å². The molecule has 3 aromatic rings. The van der Waals surface area contributed by atoms with Gasteiger partial charge >= 0.3 is 0 Å². The van der Waals surface area contributed by atoms with E-state index in [2.05, 4.69) is 11.0 Å². The molecule has 0 atom stereocenters. The molecule has 7 nitrogen and oxygen atoms in total. The molecular formula is C32H36ClN3O4S. The normalized spacial score (nSPS) is 19.2. The van der Waals surface area contributed by atoms with Gasteiger partial charge in [-0.3, -0.25) is 4.79 Å². The predicted octanol–water partition coefficient (Wildman–Crippen LogP) is 5.26. The minimum absolute atomic E-state index is 0.186. The Kier molecular flexibility index (Phi) is 7.74. The van der Waals surface area contributed by atoms with Crippen molar-refractivity contribution in [3.8, 4) is 5.75 Å². The lowest BCUT2D eigenvalue weighted by atomic mass is 9.77. The number of piperazine rings is 1. The van der Waals surface area contributed by atoms with Gasteiger partial charge in [-0.25, -0.2) is 8.42 Å². The van der Waals surface area contributed by atoms with Crippen LogP contribution < -0.4 is 9.64 Å². The number of fused-ring (bicyclic) bond motifs is 1. The highest BCUT2D eigenvalue weighted by atomic mass is 35.5. The fraction of sp³-hybridized carbons (Fsp3) is 0.406. The summed E-state index contributed by atoms with van der Waals surface area (Å²) in [4.78, 5) is 18.4. The van der Waals surface area contributed by atoms with E-state index in [-0.39, 0.29) is 10.8 Å². The van der Waals surface area contributed by atoms with Crippen LogP contribution in [-0.2, 0) is 33.2 Å². The fourth-order valence-corrected chi connectivity index (χ4v) is 8.29. The van der Waals surface area contributed by atoms with Crippen LogP contribution in [0.25, 0.3) is 0 Å². The van der Waals surface area contributed by atoms with Crippen LogP contribution in [0.5, 0.6) is 5.75 Å². The molecule has 2 fully saturated rings. The molecule has 1 saturated heterocycles. The molecule has 1 amide bonds. The number of hydrogen-bond donors (Lipinski definition) is 0. The summed E-state index contributed by atoms with van der Waals surface area (Å²) in [6, 6.07) is 20.9. The van der Waals surface area contributed by atoms with Gasteiger partial charge < -0.3 is 14.5 Å². The standard InChI is InChI=1S/C32H36ClN3O4S/c1-40-30-13-12-28(41(38,39)36-17-14-24-6-2-3-7-25(24)23-36)22-29(30)34-18-20-35(21-19-34)31(37)32(15-4-5-16-32)26-8-10-27(33)11-9-26/h2-3,6-13,22H,4-5,14-21,23H2,1H3. The Hall–Kier alpha value is -3.07. The van der Waals surface area contributed by atoms with E-state index < -0.39 is 15.4 Å². The third-order valence-corrected chi connectivity index (χ3v) is 11.1. The van der Waals surface area contributed by atoms with Crippen molar-refractivity contribution in [2.75, 3.05) is 44.7 Å². The summed E-state index contributed by atoms with van der Waals surface area (Å²) in [5.74, 6) is 0.812. The van der Waals surface area contributed by atoms with Crippen LogP contribution in [0.15, 0.2) is 71.6 Å². The van der Waals surface area contributed by atoms with Crippen LogP contribution in [0.3, 0.4) is 0 Å². The van der Waals surface area contributed by atoms with Crippen molar-refractivity contribution in [3.63, 3.8) is 0 Å². The molecule has 0 bridgehead atoms. The molecule has 0 spiro atoms. The van der Waals surface area contributed by atoms with Crippen molar-refractivity contribution >= 4 is 33.2 Å². The Morgan fingerprint density at radius 3 is 2.24 bits per heavy atom. The zero-order valence-corrected chi connectivity index (χ0v) is 25.0. The third kappa shape index (κ3) is 5.22. The van der Waals surface area contributed by atoms with E-state index in [0.717, 1.165) is 42.5 Å². The average molecular weight is 594 g/mol. The second-order valence-electron chi connectivity index (χ2n) is 11.3. The van der Waals surface area contributed by atoms with Crippen LogP contribution in [0.4, 0.5) is 5.69 Å². The largest absolute Gasteiger partial charge is 0.495 e. The maximum absolute atomic E-state index is 14.0. The number of ether oxygens (including phenoxy) is 1. The molecule has 41 heavy (non-hydrogen) atoms. The number of methoxy groups -OCH3 is 1. The minimum atomic E-state index is -3.69. The predicted molar refractivity (Wildman–Crippen MR) is 161 cm³/mol. The zero-order chi connectivity index (χ0) is 28.6. The van der Waals surface area contributed by atoms with Gasteiger partial charge in [-0.15, -0.1) is 0 Å². The Morgan fingerprint density at radius 2 is 1.56 bits per heavy atom. The molecule has 0 radical (unpaired) electrons. The van der Waals surface area contributed by atoms with E-state index in [4.69, 9.17) is 16.3 Å². The number of halogens is 1. The highest BCUT2D eigenvalue weighted by Gasteiger charge is 2.45. The molecule has 1 aliphatic carbocycles. The maximum atomic E-state index is 14.0. The lowest BCUT2D eigenvalue weighted by Crippen LogP contribution is -2.54. The number of sulfonamides is 1. The van der Waals surface area contributed by atoms with Crippen molar-refractivity contribution in [1.82, 2.24) is 9.21 Å². The van der Waals surface area contributed by atoms with Gasteiger partial charge in [-0.2, -0.15) is 4.31 Å². The Morgan fingerprint density at radius 1 is 0.878 bits per heavy atom. The van der Waals surface area contributed by atoms with Crippen molar-refractivity contribution in [1.29, 1.82) is 0 Å². The molecule has 2 aliphatic heterocycles. The summed E-state index contributed by atoms with van der Waals surface area (Å²) in [6.07, 6.45) is 4.47. The third-order valence-electron chi connectivity index (χ3n) is 9.05. The van der Waals surface area contributed by atoms with Crippen LogP contribution in [0.2, 0.25) is 5.02 Å². The number of nitrogens with zero attached hydrogens (tertiary/aromatic N) is 3. The summed E-state index contributed by atoms with van der Waals surface area (Å²) in [5, 5.41) is 0.672. The van der Waals surface area contributed by atoms with E-state index in [0.29, 0.717) is 56.5 Å². The second-order valence-corrected chi connectivity index (χ2v) is 13.6. The molecule has 6 rings (SSSR count). The quantitative estimate of drug-likeness (QED) is 0.390. The molecule has 2 heterocycles. The van der Waals surface area contributed by atoms with E-state index >= 15 is 0 Å². The summed E-state index contributed by atoms with van der Waals surface area (Å²) in [6.45, 7) is 3.15. The maximum Gasteiger partial charge on any atom is 0.243 e. The summed E-state index contributed by atoms with van der Waals surface area (Å²) in [5.41, 5.74) is 3.55. The van der Waals surface area contributed by atoms with Crippen molar-refractivity contribution in [3.05, 3.63) is 88.4 Å². The lowest BCUT2D eigenvalue weighted by molar-refractivity contribution is -0.137. The minimum Gasteiger partial charge on any atom is -0.495 e. The van der Waals surface area contributed by atoms with Gasteiger partial charge in [0.15, 0.2) is 0 Å². The Labute approximate surface area is 247 Å². The van der Waals surface area contributed by atoms with E-state index in [1.54, 1.807) is 29.6 Å². The van der Waals surface area contributed by atoms with E-state index in [9.17, 15) is 13.2 Å². The number of carbonyl (C=O) groups excluding carboxylic acids is 1. The molecule has 216 valence electrons. The summed E-state index contributed by atoms with van der Waals surface area (Å²) < 4.78 is 34.7. The molecule has 0 N–H and O–H groups in total. The molecule has 0 aromatic heterocycles. The molecular weight excluding hydrogens is 558 g/mol. The molecule has 3 aromatic carbocycles. The number of anilines is 1. The van der Waals surface area contributed by atoms with Gasteiger partial charge in [-0.1, -0.05) is 60.8 Å². The average Bonchev–Trinajstić information content (AvgIpc) is 3.52. The number of hydrogen-bond acceptors (Lipinski definition) is 5. The first-order valence-corrected chi connectivity index (χ1v) is 16.2.